The van der Waals surface area contributed by atoms with E-state index in [0.717, 1.165) is 57.8 Å². The quantitative estimate of drug-likeness (QED) is 0.275. The molecule has 0 heterocycles. The van der Waals surface area contributed by atoms with Crippen LogP contribution in [0.2, 0.25) is 0 Å². The molecular weight excluding hydrogens is 324 g/mol. The summed E-state index contributed by atoms with van der Waals surface area (Å²) in [7, 11) is 0. The van der Waals surface area contributed by atoms with Crippen molar-refractivity contribution in [3.63, 3.8) is 0 Å². The third-order valence-electron chi connectivity index (χ3n) is 4.26. The Labute approximate surface area is 160 Å². The molecule has 0 aromatic rings. The molecular formula is C23H36O3. The number of hydrogen-bond acceptors (Lipinski definition) is 2. The molecule has 0 bridgehead atoms. The van der Waals surface area contributed by atoms with Gasteiger partial charge in [-0.25, -0.2) is 0 Å². The molecule has 146 valence electrons. The maximum Gasteiger partial charge on any atom is 0.303 e. The van der Waals surface area contributed by atoms with Crippen molar-refractivity contribution < 1.29 is 14.7 Å². The van der Waals surface area contributed by atoms with Gasteiger partial charge in [-0.3, -0.25) is 4.79 Å². The average Bonchev–Trinajstić information content (AvgIpc) is 2.59. The molecule has 3 nitrogen and oxygen atoms in total. The highest BCUT2D eigenvalue weighted by Crippen LogP contribution is 2.09. The number of carbonyl (C=O) groups excluding carboxylic acids is 1. The number of carbonyl (C=O) groups is 2. The standard InChI is InChI=1S/C23H36O3/c1-22(24)20-18-16-14-12-10-8-6-4-2-3-5-7-9-11-13-15-17-19-21-23(25)26/h6-21H2,1H3,(H,25,26). The first-order chi connectivity index (χ1) is 12.6. The van der Waals surface area contributed by atoms with Crippen LogP contribution in [0.3, 0.4) is 0 Å². The summed E-state index contributed by atoms with van der Waals surface area (Å²) in [6.45, 7) is 1.66. The topological polar surface area (TPSA) is 54.4 Å². The Morgan fingerprint density at radius 1 is 0.615 bits per heavy atom. The van der Waals surface area contributed by atoms with Crippen molar-refractivity contribution in [1.82, 2.24) is 0 Å². The summed E-state index contributed by atoms with van der Waals surface area (Å²) in [4.78, 5) is 21.2. The van der Waals surface area contributed by atoms with Crippen molar-refractivity contribution >= 4 is 11.8 Å². The van der Waals surface area contributed by atoms with Gasteiger partial charge in [-0.05, 0) is 44.4 Å². The van der Waals surface area contributed by atoms with Crippen LogP contribution in [0, 0.1) is 23.7 Å². The molecule has 0 aliphatic heterocycles. The average molecular weight is 361 g/mol. The van der Waals surface area contributed by atoms with Crippen molar-refractivity contribution in [2.45, 2.75) is 110 Å². The summed E-state index contributed by atoms with van der Waals surface area (Å²) in [5.74, 6) is 11.7. The number of unbranched alkanes of at least 4 members (excludes halogenated alkanes) is 12. The minimum Gasteiger partial charge on any atom is -0.481 e. The second-order valence-electron chi connectivity index (χ2n) is 6.94. The van der Waals surface area contributed by atoms with Gasteiger partial charge in [0.2, 0.25) is 0 Å². The van der Waals surface area contributed by atoms with Gasteiger partial charge in [-0.1, -0.05) is 63.2 Å². The first-order valence-corrected chi connectivity index (χ1v) is 10.3. The van der Waals surface area contributed by atoms with Crippen molar-refractivity contribution in [3.05, 3.63) is 0 Å². The predicted molar refractivity (Wildman–Crippen MR) is 108 cm³/mol. The molecule has 0 rings (SSSR count). The fourth-order valence-corrected chi connectivity index (χ4v) is 2.70. The smallest absolute Gasteiger partial charge is 0.303 e. The Hall–Kier alpha value is -1.74. The van der Waals surface area contributed by atoms with Crippen LogP contribution in [0.4, 0.5) is 0 Å². The van der Waals surface area contributed by atoms with E-state index in [-0.39, 0.29) is 0 Å². The summed E-state index contributed by atoms with van der Waals surface area (Å²) in [5.41, 5.74) is 0. The van der Waals surface area contributed by atoms with Crippen LogP contribution >= 0.6 is 0 Å². The van der Waals surface area contributed by atoms with Crippen molar-refractivity contribution in [2.24, 2.45) is 0 Å². The monoisotopic (exact) mass is 360 g/mol. The minimum absolute atomic E-state index is 0.297. The molecule has 0 aliphatic rings. The van der Waals surface area contributed by atoms with Gasteiger partial charge in [0, 0.05) is 25.7 Å². The SMILES string of the molecule is CC(=O)CCCCCCCCC#CC#CCCCCCCCCC(=O)O. The lowest BCUT2D eigenvalue weighted by Crippen LogP contribution is -1.93. The zero-order valence-corrected chi connectivity index (χ0v) is 16.6. The van der Waals surface area contributed by atoms with Crippen molar-refractivity contribution in [2.75, 3.05) is 0 Å². The highest BCUT2D eigenvalue weighted by atomic mass is 16.4. The van der Waals surface area contributed by atoms with Crippen LogP contribution in [-0.4, -0.2) is 16.9 Å². The molecule has 26 heavy (non-hydrogen) atoms. The molecule has 0 amide bonds. The van der Waals surface area contributed by atoms with Crippen LogP contribution < -0.4 is 0 Å². The van der Waals surface area contributed by atoms with Gasteiger partial charge < -0.3 is 9.90 Å². The summed E-state index contributed by atoms with van der Waals surface area (Å²) in [6, 6.07) is 0. The van der Waals surface area contributed by atoms with Crippen LogP contribution in [0.25, 0.3) is 0 Å². The van der Waals surface area contributed by atoms with Gasteiger partial charge in [-0.15, -0.1) is 0 Å². The Morgan fingerprint density at radius 3 is 1.42 bits per heavy atom. The lowest BCUT2D eigenvalue weighted by atomic mass is 10.1. The number of hydrogen-bond donors (Lipinski definition) is 1. The zero-order chi connectivity index (χ0) is 19.3. The maximum absolute atomic E-state index is 10.8. The van der Waals surface area contributed by atoms with Gasteiger partial charge in [0.15, 0.2) is 0 Å². The van der Waals surface area contributed by atoms with Gasteiger partial charge >= 0.3 is 5.97 Å². The number of carboxylic acid groups (broad SMARTS) is 1. The molecule has 0 spiro atoms. The first kappa shape index (κ1) is 24.3. The summed E-state index contributed by atoms with van der Waals surface area (Å²) >= 11 is 0. The van der Waals surface area contributed by atoms with E-state index in [1.807, 2.05) is 0 Å². The van der Waals surface area contributed by atoms with Crippen molar-refractivity contribution in [3.8, 4) is 23.7 Å². The van der Waals surface area contributed by atoms with Gasteiger partial charge in [-0.2, -0.15) is 0 Å². The normalized spacial score (nSPS) is 9.73. The van der Waals surface area contributed by atoms with E-state index < -0.39 is 5.97 Å². The molecule has 0 aromatic carbocycles. The second-order valence-corrected chi connectivity index (χ2v) is 6.94. The maximum atomic E-state index is 10.8. The van der Waals surface area contributed by atoms with Crippen LogP contribution in [0.15, 0.2) is 0 Å². The molecule has 0 aromatic heterocycles. The third kappa shape index (κ3) is 22.3. The highest BCUT2D eigenvalue weighted by molar-refractivity contribution is 5.75. The molecule has 0 unspecified atom stereocenters. The van der Waals surface area contributed by atoms with Crippen LogP contribution in [0.1, 0.15) is 110 Å². The zero-order valence-electron chi connectivity index (χ0n) is 16.6. The van der Waals surface area contributed by atoms with E-state index in [4.69, 9.17) is 5.11 Å². The minimum atomic E-state index is -0.692. The number of ketones is 1. The molecule has 0 radical (unpaired) electrons. The first-order valence-electron chi connectivity index (χ1n) is 10.3. The fourth-order valence-electron chi connectivity index (χ4n) is 2.70. The van der Waals surface area contributed by atoms with Gasteiger partial charge in [0.1, 0.15) is 5.78 Å². The summed E-state index contributed by atoms with van der Waals surface area (Å²) < 4.78 is 0. The van der Waals surface area contributed by atoms with Crippen LogP contribution in [-0.2, 0) is 9.59 Å². The molecule has 0 fully saturated rings. The van der Waals surface area contributed by atoms with Crippen LogP contribution in [0.5, 0.6) is 0 Å². The lowest BCUT2D eigenvalue weighted by molar-refractivity contribution is -0.137. The Kier molecular flexibility index (Phi) is 18.3. The van der Waals surface area contributed by atoms with Gasteiger partial charge in [0.05, 0.1) is 0 Å². The lowest BCUT2D eigenvalue weighted by Gasteiger charge is -1.98. The second kappa shape index (κ2) is 19.6. The van der Waals surface area contributed by atoms with E-state index in [1.54, 1.807) is 6.92 Å². The molecule has 1 N–H and O–H groups in total. The van der Waals surface area contributed by atoms with E-state index in [1.165, 1.54) is 38.5 Å². The molecule has 3 heteroatoms. The number of rotatable bonds is 16. The van der Waals surface area contributed by atoms with E-state index in [2.05, 4.69) is 23.7 Å². The van der Waals surface area contributed by atoms with Crippen molar-refractivity contribution in [1.29, 1.82) is 0 Å². The fraction of sp³-hybridized carbons (Fsp3) is 0.739. The Balaban J connectivity index is 3.29. The molecule has 0 saturated carbocycles. The number of Topliss-reactive ketones (excluding diaryl/α,β-unsaturated/α-hetero) is 1. The third-order valence-corrected chi connectivity index (χ3v) is 4.26. The Bertz CT molecular complexity index is 439. The highest BCUT2D eigenvalue weighted by Gasteiger charge is 1.96. The number of carboxylic acids is 1. The van der Waals surface area contributed by atoms with E-state index >= 15 is 0 Å². The number of aliphatic carboxylic acids is 1. The Morgan fingerprint density at radius 2 is 1.00 bits per heavy atom. The molecule has 0 aliphatic carbocycles. The molecule has 0 atom stereocenters. The van der Waals surface area contributed by atoms with Gasteiger partial charge in [0.25, 0.3) is 0 Å². The van der Waals surface area contributed by atoms with E-state index in [9.17, 15) is 9.59 Å². The molecule has 0 saturated heterocycles. The van der Waals surface area contributed by atoms with E-state index in [0.29, 0.717) is 12.2 Å². The summed E-state index contributed by atoms with van der Waals surface area (Å²) in [6.07, 6.45) is 16.3. The largest absolute Gasteiger partial charge is 0.481 e. The summed E-state index contributed by atoms with van der Waals surface area (Å²) in [5, 5.41) is 8.54. The predicted octanol–water partition coefficient (Wildman–Crippen LogP) is 5.91.